The molecule has 4 rings (SSSR count). The van der Waals surface area contributed by atoms with Crippen LogP contribution in [0.25, 0.3) is 0 Å². The van der Waals surface area contributed by atoms with Crippen molar-refractivity contribution in [3.05, 3.63) is 64.0 Å². The van der Waals surface area contributed by atoms with E-state index in [1.165, 1.54) is 30.3 Å². The Bertz CT molecular complexity index is 939. The second-order valence-electron chi connectivity index (χ2n) is 7.76. The van der Waals surface area contributed by atoms with Crippen molar-refractivity contribution in [3.63, 3.8) is 0 Å². The van der Waals surface area contributed by atoms with Crippen LogP contribution in [0.15, 0.2) is 42.5 Å². The number of nitro groups is 1. The third-order valence-electron chi connectivity index (χ3n) is 5.74. The molecule has 1 N–H and O–H groups in total. The zero-order valence-electron chi connectivity index (χ0n) is 17.1. The number of nitrogens with one attached hydrogen (secondary N) is 1. The molecular weight excluding hydrogens is 403 g/mol. The van der Waals surface area contributed by atoms with Gasteiger partial charge in [0.2, 0.25) is 0 Å². The quantitative estimate of drug-likeness (QED) is 0.561. The maximum Gasteiger partial charge on any atom is 0.292 e. The van der Waals surface area contributed by atoms with E-state index in [9.17, 15) is 19.3 Å². The van der Waals surface area contributed by atoms with Crippen LogP contribution in [-0.4, -0.2) is 61.2 Å². The first-order valence-corrected chi connectivity index (χ1v) is 10.4. The molecule has 2 aromatic rings. The molecule has 2 saturated heterocycles. The minimum atomic E-state index is -0.388. The summed E-state index contributed by atoms with van der Waals surface area (Å²) in [5.41, 5.74) is 1.84. The van der Waals surface area contributed by atoms with E-state index in [1.54, 1.807) is 17.0 Å². The van der Waals surface area contributed by atoms with Crippen molar-refractivity contribution in [3.8, 4) is 0 Å². The maximum absolute atomic E-state index is 13.1. The van der Waals surface area contributed by atoms with Crippen molar-refractivity contribution in [2.75, 3.05) is 49.5 Å². The second kappa shape index (κ2) is 9.30. The van der Waals surface area contributed by atoms with Crippen molar-refractivity contribution in [2.24, 2.45) is 0 Å². The first kappa shape index (κ1) is 21.0. The van der Waals surface area contributed by atoms with E-state index >= 15 is 0 Å². The molecule has 1 unspecified atom stereocenters. The van der Waals surface area contributed by atoms with Crippen LogP contribution in [0.3, 0.4) is 0 Å². The number of carbonyl (C=O) groups is 1. The summed E-state index contributed by atoms with van der Waals surface area (Å²) in [5, 5.41) is 14.6. The molecule has 8 nitrogen and oxygen atoms in total. The Morgan fingerprint density at radius 1 is 1.16 bits per heavy atom. The lowest BCUT2D eigenvalue weighted by atomic mass is 10.1. The summed E-state index contributed by atoms with van der Waals surface area (Å²) in [6.07, 6.45) is 2.03. The van der Waals surface area contributed by atoms with Gasteiger partial charge in [0.25, 0.3) is 11.6 Å². The van der Waals surface area contributed by atoms with Gasteiger partial charge >= 0.3 is 0 Å². The highest BCUT2D eigenvalue weighted by atomic mass is 19.1. The largest absolute Gasteiger partial charge is 0.377 e. The fourth-order valence-electron chi connectivity index (χ4n) is 3.99. The summed E-state index contributed by atoms with van der Waals surface area (Å²) in [5.74, 6) is -0.495. The van der Waals surface area contributed by atoms with E-state index in [-0.39, 0.29) is 28.4 Å². The third kappa shape index (κ3) is 4.93. The summed E-state index contributed by atoms with van der Waals surface area (Å²) < 4.78 is 18.7. The normalized spacial score (nSPS) is 18.8. The Labute approximate surface area is 179 Å². The number of rotatable bonds is 6. The standard InChI is InChI=1S/C22H25FN4O4/c23-17-5-3-16(4-6-17)22(28)26-11-9-25(10-12-26)18-7-8-21(27(29)30)20(14-18)24-15-19-2-1-13-31-19/h3-8,14,19,24H,1-2,9-13,15H2. The fraction of sp³-hybridized carbons (Fsp3) is 0.409. The number of amides is 1. The molecule has 31 heavy (non-hydrogen) atoms. The van der Waals surface area contributed by atoms with Gasteiger partial charge in [0, 0.05) is 56.6 Å². The van der Waals surface area contributed by atoms with Gasteiger partial charge in [-0.1, -0.05) is 0 Å². The number of hydrogen-bond acceptors (Lipinski definition) is 6. The lowest BCUT2D eigenvalue weighted by Gasteiger charge is -2.36. The number of piperazine rings is 1. The molecule has 2 aromatic carbocycles. The lowest BCUT2D eigenvalue weighted by molar-refractivity contribution is -0.383. The summed E-state index contributed by atoms with van der Waals surface area (Å²) in [7, 11) is 0. The van der Waals surface area contributed by atoms with E-state index in [0.717, 1.165) is 25.1 Å². The second-order valence-corrected chi connectivity index (χ2v) is 7.76. The van der Waals surface area contributed by atoms with E-state index in [2.05, 4.69) is 10.2 Å². The minimum Gasteiger partial charge on any atom is -0.377 e. The molecule has 0 aromatic heterocycles. The van der Waals surface area contributed by atoms with Gasteiger partial charge in [-0.05, 0) is 49.2 Å². The lowest BCUT2D eigenvalue weighted by Crippen LogP contribution is -2.48. The molecule has 1 amide bonds. The summed E-state index contributed by atoms with van der Waals surface area (Å²) in [6, 6.07) is 10.6. The number of hydrogen-bond donors (Lipinski definition) is 1. The molecule has 0 aliphatic carbocycles. The highest BCUT2D eigenvalue weighted by molar-refractivity contribution is 5.94. The van der Waals surface area contributed by atoms with Crippen LogP contribution in [0.1, 0.15) is 23.2 Å². The molecule has 2 aliphatic rings. The molecule has 164 valence electrons. The van der Waals surface area contributed by atoms with E-state index in [0.29, 0.717) is 44.0 Å². The van der Waals surface area contributed by atoms with Gasteiger partial charge in [0.05, 0.1) is 11.0 Å². The SMILES string of the molecule is O=C(c1ccc(F)cc1)N1CCN(c2ccc([N+](=O)[O-])c(NCC3CCCO3)c2)CC1. The van der Waals surface area contributed by atoms with Gasteiger partial charge in [-0.15, -0.1) is 0 Å². The molecule has 0 spiro atoms. The van der Waals surface area contributed by atoms with Crippen LogP contribution < -0.4 is 10.2 Å². The Balaban J connectivity index is 1.41. The van der Waals surface area contributed by atoms with Gasteiger partial charge < -0.3 is 19.9 Å². The van der Waals surface area contributed by atoms with Crippen molar-refractivity contribution in [1.29, 1.82) is 0 Å². The summed E-state index contributed by atoms with van der Waals surface area (Å²) >= 11 is 0. The highest BCUT2D eigenvalue weighted by Gasteiger charge is 2.24. The summed E-state index contributed by atoms with van der Waals surface area (Å²) in [6.45, 7) is 3.52. The number of nitro benzene ring substituents is 1. The van der Waals surface area contributed by atoms with Gasteiger partial charge in [0.15, 0.2) is 0 Å². The first-order chi connectivity index (χ1) is 15.0. The number of ether oxygens (including phenoxy) is 1. The molecule has 0 bridgehead atoms. The van der Waals surface area contributed by atoms with Gasteiger partial charge in [-0.2, -0.15) is 0 Å². The smallest absolute Gasteiger partial charge is 0.292 e. The monoisotopic (exact) mass is 428 g/mol. The molecule has 1 atom stereocenters. The van der Waals surface area contributed by atoms with Crippen molar-refractivity contribution < 1.29 is 18.8 Å². The molecule has 0 saturated carbocycles. The molecular formula is C22H25FN4O4. The zero-order valence-corrected chi connectivity index (χ0v) is 17.1. The van der Waals surface area contributed by atoms with Crippen molar-refractivity contribution in [2.45, 2.75) is 18.9 Å². The zero-order chi connectivity index (χ0) is 21.8. The Kier molecular flexibility index (Phi) is 6.31. The molecule has 0 radical (unpaired) electrons. The van der Waals surface area contributed by atoms with Crippen LogP contribution in [0.4, 0.5) is 21.5 Å². The third-order valence-corrected chi connectivity index (χ3v) is 5.74. The average Bonchev–Trinajstić information content (AvgIpc) is 3.31. The van der Waals surface area contributed by atoms with Crippen LogP contribution in [0, 0.1) is 15.9 Å². The predicted octanol–water partition coefficient (Wildman–Crippen LogP) is 3.29. The van der Waals surface area contributed by atoms with Gasteiger partial charge in [-0.3, -0.25) is 14.9 Å². The molecule has 2 aliphatic heterocycles. The van der Waals surface area contributed by atoms with Gasteiger partial charge in [-0.25, -0.2) is 4.39 Å². The number of carbonyl (C=O) groups excluding carboxylic acids is 1. The van der Waals surface area contributed by atoms with Crippen LogP contribution in [0.2, 0.25) is 0 Å². The Hall–Kier alpha value is -3.20. The maximum atomic E-state index is 13.1. The van der Waals surface area contributed by atoms with E-state index in [1.807, 2.05) is 0 Å². The Morgan fingerprint density at radius 3 is 2.55 bits per heavy atom. The predicted molar refractivity (Wildman–Crippen MR) is 115 cm³/mol. The number of nitrogens with zero attached hydrogens (tertiary/aromatic N) is 3. The van der Waals surface area contributed by atoms with Crippen molar-refractivity contribution in [1.82, 2.24) is 4.90 Å². The van der Waals surface area contributed by atoms with Crippen LogP contribution in [0.5, 0.6) is 0 Å². The number of benzene rings is 2. The first-order valence-electron chi connectivity index (χ1n) is 10.4. The summed E-state index contributed by atoms with van der Waals surface area (Å²) in [4.78, 5) is 27.5. The van der Waals surface area contributed by atoms with Crippen LogP contribution in [-0.2, 0) is 4.74 Å². The molecule has 2 fully saturated rings. The fourth-order valence-corrected chi connectivity index (χ4v) is 3.99. The average molecular weight is 428 g/mol. The number of halogens is 1. The molecule has 2 heterocycles. The topological polar surface area (TPSA) is 88.0 Å². The van der Waals surface area contributed by atoms with Crippen LogP contribution >= 0.6 is 0 Å². The Morgan fingerprint density at radius 2 is 1.90 bits per heavy atom. The van der Waals surface area contributed by atoms with E-state index in [4.69, 9.17) is 4.74 Å². The molecule has 9 heteroatoms. The highest BCUT2D eigenvalue weighted by Crippen LogP contribution is 2.30. The van der Waals surface area contributed by atoms with Gasteiger partial charge in [0.1, 0.15) is 11.5 Å². The van der Waals surface area contributed by atoms with Crippen molar-refractivity contribution >= 4 is 23.0 Å². The minimum absolute atomic E-state index is 0.0341. The van der Waals surface area contributed by atoms with E-state index < -0.39 is 0 Å². The number of anilines is 2.